The topological polar surface area (TPSA) is 88.7 Å². The van der Waals surface area contributed by atoms with E-state index in [9.17, 15) is 14.4 Å². The van der Waals surface area contributed by atoms with E-state index in [2.05, 4.69) is 24.9 Å². The summed E-state index contributed by atoms with van der Waals surface area (Å²) in [6.07, 6.45) is 0.861. The van der Waals surface area contributed by atoms with Crippen LogP contribution in [0.1, 0.15) is 36.6 Å². The highest BCUT2D eigenvalue weighted by atomic mass is 32.2. The van der Waals surface area contributed by atoms with Crippen molar-refractivity contribution in [1.82, 2.24) is 4.98 Å². The van der Waals surface area contributed by atoms with Crippen LogP contribution in [0.5, 0.6) is 11.5 Å². The lowest BCUT2D eigenvalue weighted by Gasteiger charge is -2.43. The number of nitrogens with one attached hydrogen (secondary N) is 1. The molecule has 0 radical (unpaired) electrons. The van der Waals surface area contributed by atoms with E-state index in [1.165, 1.54) is 16.2 Å². The third-order valence-electron chi connectivity index (χ3n) is 8.86. The van der Waals surface area contributed by atoms with Gasteiger partial charge in [0.25, 0.3) is 0 Å². The van der Waals surface area contributed by atoms with Gasteiger partial charge >= 0.3 is 4.87 Å². The smallest absolute Gasteiger partial charge is 0.305 e. The molecule has 7 nitrogen and oxygen atoms in total. The molecule has 1 saturated heterocycles. The minimum Gasteiger partial charge on any atom is -0.493 e. The molecule has 7 atom stereocenters. The number of hydrogen-bond acceptors (Lipinski definition) is 7. The minimum absolute atomic E-state index is 0.0622. The lowest BCUT2D eigenvalue weighted by atomic mass is 9.68. The number of thioether (sulfide) groups is 1. The van der Waals surface area contributed by atoms with Crippen molar-refractivity contribution in [2.24, 2.45) is 35.5 Å². The van der Waals surface area contributed by atoms with Crippen LogP contribution in [0.3, 0.4) is 0 Å². The van der Waals surface area contributed by atoms with Crippen molar-refractivity contribution in [2.75, 3.05) is 18.6 Å². The Morgan fingerprint density at radius 3 is 2.46 bits per heavy atom. The molecule has 2 aliphatic heterocycles. The van der Waals surface area contributed by atoms with Crippen molar-refractivity contribution in [3.63, 3.8) is 0 Å². The molecule has 3 heterocycles. The summed E-state index contributed by atoms with van der Waals surface area (Å²) in [6, 6.07) is 15.3. The number of amides is 2. The monoisotopic (exact) mass is 562 g/mol. The summed E-state index contributed by atoms with van der Waals surface area (Å²) in [5.74, 6) is 1.21. The van der Waals surface area contributed by atoms with Crippen LogP contribution in [-0.4, -0.2) is 35.8 Å². The Bertz CT molecular complexity index is 1510. The van der Waals surface area contributed by atoms with Crippen molar-refractivity contribution in [3.8, 4) is 11.5 Å². The SMILES string of the molecule is COc1cc(C2c3sc(=O)[nH]c3SC3C2[C@H]2C[C@@H]3C3C(=O)N(c4ccccc4)C(=O)C32)ccc1OCC(C)C. The van der Waals surface area contributed by atoms with Gasteiger partial charge in [0.05, 0.1) is 36.3 Å². The standard InChI is InChI=1S/C30H30N2O5S2/c1-14(2)13-37-19-10-9-15(11-20(19)36-3)21-22-17-12-18(25(22)38-27-26(21)39-30(35)31-27)24-23(17)28(33)32(29(24)34)16-7-5-4-6-8-16/h4-11,14,17-18,21-25H,12-13H2,1-3H3,(H,31,35)/t17-,18-,21?,22?,23?,24?,25?/m1/s1. The molecule has 7 rings (SSSR count). The van der Waals surface area contributed by atoms with Gasteiger partial charge in [0.2, 0.25) is 11.8 Å². The summed E-state index contributed by atoms with van der Waals surface area (Å²) in [7, 11) is 1.64. The normalized spacial score (nSPS) is 30.5. The quantitative estimate of drug-likeness (QED) is 0.418. The van der Waals surface area contributed by atoms with E-state index in [1.54, 1.807) is 18.9 Å². The number of para-hydroxylation sites is 1. The number of H-pyrrole nitrogens is 1. The Labute approximate surface area is 234 Å². The predicted octanol–water partition coefficient (Wildman–Crippen LogP) is 5.16. The molecule has 2 saturated carbocycles. The maximum absolute atomic E-state index is 13.8. The Morgan fingerprint density at radius 2 is 1.74 bits per heavy atom. The highest BCUT2D eigenvalue weighted by Crippen LogP contribution is 2.68. The van der Waals surface area contributed by atoms with Gasteiger partial charge in [0, 0.05) is 16.0 Å². The highest BCUT2D eigenvalue weighted by molar-refractivity contribution is 8.00. The van der Waals surface area contributed by atoms with Crippen LogP contribution >= 0.6 is 23.1 Å². The molecule has 0 spiro atoms. The summed E-state index contributed by atoms with van der Waals surface area (Å²) < 4.78 is 11.7. The number of nitrogens with zero attached hydrogens (tertiary/aromatic N) is 1. The highest BCUT2D eigenvalue weighted by Gasteiger charge is 2.69. The Morgan fingerprint density at radius 1 is 1.00 bits per heavy atom. The predicted molar refractivity (Wildman–Crippen MR) is 151 cm³/mol. The fourth-order valence-electron chi connectivity index (χ4n) is 7.47. The molecule has 1 aromatic heterocycles. The summed E-state index contributed by atoms with van der Waals surface area (Å²) in [6.45, 7) is 4.80. The number of benzene rings is 2. The van der Waals surface area contributed by atoms with Gasteiger partial charge in [-0.25, -0.2) is 0 Å². The van der Waals surface area contributed by atoms with E-state index < -0.39 is 0 Å². The van der Waals surface area contributed by atoms with Crippen molar-refractivity contribution >= 4 is 40.6 Å². The van der Waals surface area contributed by atoms with Gasteiger partial charge in [-0.1, -0.05) is 49.4 Å². The number of hydrogen-bond donors (Lipinski definition) is 1. The molecule has 1 N–H and O–H groups in total. The average molecular weight is 563 g/mol. The number of fused-ring (bicyclic) bond motifs is 9. The molecule has 2 aliphatic carbocycles. The zero-order valence-electron chi connectivity index (χ0n) is 22.0. The van der Waals surface area contributed by atoms with E-state index in [-0.39, 0.29) is 57.4 Å². The van der Waals surface area contributed by atoms with Gasteiger partial charge in [-0.3, -0.25) is 19.3 Å². The van der Waals surface area contributed by atoms with Crippen LogP contribution in [-0.2, 0) is 9.59 Å². The third kappa shape index (κ3) is 3.73. The third-order valence-corrected chi connectivity index (χ3v) is 11.4. The molecule has 2 aromatic carbocycles. The zero-order valence-corrected chi connectivity index (χ0v) is 23.6. The fourth-order valence-corrected chi connectivity index (χ4v) is 10.4. The van der Waals surface area contributed by atoms with Crippen LogP contribution in [0.2, 0.25) is 0 Å². The number of anilines is 1. The van der Waals surface area contributed by atoms with Gasteiger partial charge in [0.1, 0.15) is 0 Å². The van der Waals surface area contributed by atoms with Gasteiger partial charge in [-0.05, 0) is 59.9 Å². The number of carbonyl (C=O) groups excluding carboxylic acids is 2. The van der Waals surface area contributed by atoms with Gasteiger partial charge in [-0.2, -0.15) is 0 Å². The van der Waals surface area contributed by atoms with E-state index in [4.69, 9.17) is 9.47 Å². The number of aromatic nitrogens is 1. The Hall–Kier alpha value is -3.04. The lowest BCUT2D eigenvalue weighted by Crippen LogP contribution is -2.42. The Kier molecular flexibility index (Phi) is 5.93. The molecule has 5 unspecified atom stereocenters. The first kappa shape index (κ1) is 25.0. The summed E-state index contributed by atoms with van der Waals surface area (Å²) in [4.78, 5) is 45.5. The number of aromatic amines is 1. The molecule has 202 valence electrons. The second kappa shape index (κ2) is 9.27. The van der Waals surface area contributed by atoms with Crippen molar-refractivity contribution in [3.05, 3.63) is 68.6 Å². The average Bonchev–Trinajstić information content (AvgIpc) is 3.66. The Balaban J connectivity index is 1.29. The number of thiazole rings is 1. The molecule has 2 amide bonds. The summed E-state index contributed by atoms with van der Waals surface area (Å²) >= 11 is 2.96. The maximum atomic E-state index is 13.8. The maximum Gasteiger partial charge on any atom is 0.305 e. The lowest BCUT2D eigenvalue weighted by molar-refractivity contribution is -0.123. The van der Waals surface area contributed by atoms with Gasteiger partial charge < -0.3 is 14.5 Å². The molecule has 9 heteroatoms. The molecule has 3 fully saturated rings. The van der Waals surface area contributed by atoms with E-state index in [0.29, 0.717) is 29.7 Å². The second-order valence-electron chi connectivity index (χ2n) is 11.4. The number of imide groups is 1. The number of carbonyl (C=O) groups is 2. The molecule has 39 heavy (non-hydrogen) atoms. The molecule has 3 aromatic rings. The van der Waals surface area contributed by atoms with Crippen molar-refractivity contribution < 1.29 is 19.1 Å². The van der Waals surface area contributed by atoms with Crippen molar-refractivity contribution in [1.29, 1.82) is 0 Å². The van der Waals surface area contributed by atoms with Crippen LogP contribution in [0.15, 0.2) is 58.4 Å². The molecule has 4 aliphatic rings. The first-order valence-corrected chi connectivity index (χ1v) is 15.2. The zero-order chi connectivity index (χ0) is 27.0. The van der Waals surface area contributed by atoms with Gasteiger partial charge in [0.15, 0.2) is 11.5 Å². The first-order chi connectivity index (χ1) is 18.9. The van der Waals surface area contributed by atoms with Gasteiger partial charge in [-0.15, -0.1) is 11.8 Å². The fraction of sp³-hybridized carbons (Fsp3) is 0.433. The summed E-state index contributed by atoms with van der Waals surface area (Å²) in [5, 5.41) is 1.05. The first-order valence-electron chi connectivity index (χ1n) is 13.5. The van der Waals surface area contributed by atoms with E-state index >= 15 is 0 Å². The van der Waals surface area contributed by atoms with Crippen molar-refractivity contribution in [2.45, 2.75) is 36.5 Å². The number of rotatable bonds is 6. The van der Waals surface area contributed by atoms with Crippen LogP contribution in [0.25, 0.3) is 0 Å². The largest absolute Gasteiger partial charge is 0.493 e. The van der Waals surface area contributed by atoms with E-state index in [1.807, 2.05) is 42.5 Å². The molecular weight excluding hydrogens is 532 g/mol. The summed E-state index contributed by atoms with van der Waals surface area (Å²) in [5.41, 5.74) is 1.70. The number of methoxy groups -OCH3 is 1. The van der Waals surface area contributed by atoms with Crippen LogP contribution < -0.4 is 19.2 Å². The minimum atomic E-state index is -0.320. The molecular formula is C30H30N2O5S2. The van der Waals surface area contributed by atoms with Crippen LogP contribution in [0.4, 0.5) is 5.69 Å². The number of ether oxygens (including phenoxy) is 2. The molecule has 2 bridgehead atoms. The van der Waals surface area contributed by atoms with E-state index in [0.717, 1.165) is 21.9 Å². The second-order valence-corrected chi connectivity index (χ2v) is 13.6. The van der Waals surface area contributed by atoms with Crippen LogP contribution in [0, 0.1) is 35.5 Å².